The van der Waals surface area contributed by atoms with Gasteiger partial charge in [0.15, 0.2) is 0 Å². The Morgan fingerprint density at radius 3 is 2.00 bits per heavy atom. The first-order chi connectivity index (χ1) is 8.40. The highest BCUT2D eigenvalue weighted by Crippen LogP contribution is 2.09. The van der Waals surface area contributed by atoms with E-state index >= 15 is 0 Å². The van der Waals surface area contributed by atoms with Gasteiger partial charge in [-0.1, -0.05) is 6.92 Å². The predicted molar refractivity (Wildman–Crippen MR) is 73.6 cm³/mol. The van der Waals surface area contributed by atoms with Crippen molar-refractivity contribution in [3.8, 4) is 0 Å². The van der Waals surface area contributed by atoms with Crippen LogP contribution in [0.3, 0.4) is 0 Å². The van der Waals surface area contributed by atoms with E-state index in [0.717, 1.165) is 32.7 Å². The third kappa shape index (κ3) is 6.36. The minimum atomic E-state index is -0.364. The van der Waals surface area contributed by atoms with Gasteiger partial charge in [-0.15, -0.1) is 0 Å². The molecule has 0 aliphatic carbocycles. The molecule has 1 aliphatic rings. The molecule has 4 heteroatoms. The maximum absolute atomic E-state index is 11.6. The molecule has 4 nitrogen and oxygen atoms in total. The van der Waals surface area contributed by atoms with E-state index < -0.39 is 0 Å². The standard InChI is InChI=1S/C14H28N2O2/c1-5-7-15-9-11-16(12-10-15)8-6-13(17)18-14(2,3)4/h5-12H2,1-4H3. The molecule has 1 rings (SSSR count). The molecule has 0 amide bonds. The van der Waals surface area contributed by atoms with E-state index in [1.165, 1.54) is 13.0 Å². The Bertz CT molecular complexity index is 253. The van der Waals surface area contributed by atoms with Gasteiger partial charge in [-0.05, 0) is 33.7 Å². The van der Waals surface area contributed by atoms with Crippen LogP contribution < -0.4 is 0 Å². The second kappa shape index (κ2) is 7.10. The third-order valence-corrected chi connectivity index (χ3v) is 3.06. The summed E-state index contributed by atoms with van der Waals surface area (Å²) >= 11 is 0. The van der Waals surface area contributed by atoms with Gasteiger partial charge in [0.05, 0.1) is 6.42 Å². The van der Waals surface area contributed by atoms with Gasteiger partial charge in [0.1, 0.15) is 5.60 Å². The molecule has 0 aromatic heterocycles. The van der Waals surface area contributed by atoms with Crippen LogP contribution >= 0.6 is 0 Å². The van der Waals surface area contributed by atoms with E-state index in [4.69, 9.17) is 4.74 Å². The second-order valence-corrected chi connectivity index (χ2v) is 6.02. The van der Waals surface area contributed by atoms with Crippen molar-refractivity contribution in [1.29, 1.82) is 0 Å². The van der Waals surface area contributed by atoms with E-state index in [2.05, 4.69) is 16.7 Å². The molecule has 0 saturated carbocycles. The Hall–Kier alpha value is -0.610. The number of rotatable bonds is 5. The van der Waals surface area contributed by atoms with Crippen LogP contribution in [0.15, 0.2) is 0 Å². The molecule has 0 spiro atoms. The van der Waals surface area contributed by atoms with Gasteiger partial charge >= 0.3 is 5.97 Å². The Balaban J connectivity index is 2.16. The average Bonchev–Trinajstić information content (AvgIpc) is 2.26. The summed E-state index contributed by atoms with van der Waals surface area (Å²) < 4.78 is 5.31. The Labute approximate surface area is 111 Å². The van der Waals surface area contributed by atoms with E-state index in [9.17, 15) is 4.79 Å². The number of piperazine rings is 1. The summed E-state index contributed by atoms with van der Waals surface area (Å²) in [5.41, 5.74) is -0.364. The molecule has 0 aromatic rings. The number of carbonyl (C=O) groups excluding carboxylic acids is 1. The highest BCUT2D eigenvalue weighted by molar-refractivity contribution is 5.70. The maximum atomic E-state index is 11.6. The van der Waals surface area contributed by atoms with Crippen LogP contribution in [0.1, 0.15) is 40.5 Å². The lowest BCUT2D eigenvalue weighted by molar-refractivity contribution is -0.155. The summed E-state index contributed by atoms with van der Waals surface area (Å²) in [5, 5.41) is 0. The first-order valence-electron chi connectivity index (χ1n) is 7.07. The minimum absolute atomic E-state index is 0.0847. The zero-order valence-corrected chi connectivity index (χ0v) is 12.4. The lowest BCUT2D eigenvalue weighted by Gasteiger charge is -2.34. The Kier molecular flexibility index (Phi) is 6.09. The van der Waals surface area contributed by atoms with Crippen molar-refractivity contribution in [2.45, 2.75) is 46.1 Å². The summed E-state index contributed by atoms with van der Waals surface area (Å²) in [5.74, 6) is -0.0847. The lowest BCUT2D eigenvalue weighted by Crippen LogP contribution is -2.47. The highest BCUT2D eigenvalue weighted by atomic mass is 16.6. The van der Waals surface area contributed by atoms with Gasteiger partial charge in [0, 0.05) is 32.7 Å². The average molecular weight is 256 g/mol. The van der Waals surface area contributed by atoms with Crippen LogP contribution in [0, 0.1) is 0 Å². The zero-order valence-electron chi connectivity index (χ0n) is 12.4. The third-order valence-electron chi connectivity index (χ3n) is 3.06. The van der Waals surface area contributed by atoms with Crippen LogP contribution in [0.2, 0.25) is 0 Å². The van der Waals surface area contributed by atoms with Gasteiger partial charge in [-0.3, -0.25) is 4.79 Å². The van der Waals surface area contributed by atoms with Crippen molar-refractivity contribution in [2.24, 2.45) is 0 Å². The topological polar surface area (TPSA) is 32.8 Å². The summed E-state index contributed by atoms with van der Waals surface area (Å²) in [6, 6.07) is 0. The van der Waals surface area contributed by atoms with Crippen molar-refractivity contribution in [3.63, 3.8) is 0 Å². The van der Waals surface area contributed by atoms with Crippen LogP contribution in [0.4, 0.5) is 0 Å². The molecular weight excluding hydrogens is 228 g/mol. The first-order valence-corrected chi connectivity index (χ1v) is 7.07. The molecule has 0 atom stereocenters. The zero-order chi connectivity index (χ0) is 13.6. The van der Waals surface area contributed by atoms with Crippen LogP contribution in [0.5, 0.6) is 0 Å². The van der Waals surface area contributed by atoms with E-state index in [1.54, 1.807) is 0 Å². The fourth-order valence-electron chi connectivity index (χ4n) is 2.19. The summed E-state index contributed by atoms with van der Waals surface area (Å²) in [4.78, 5) is 16.5. The van der Waals surface area contributed by atoms with Crippen molar-refractivity contribution < 1.29 is 9.53 Å². The van der Waals surface area contributed by atoms with Gasteiger partial charge in [0.25, 0.3) is 0 Å². The molecule has 1 saturated heterocycles. The van der Waals surface area contributed by atoms with Crippen LogP contribution in [-0.4, -0.2) is 60.6 Å². The molecule has 1 heterocycles. The van der Waals surface area contributed by atoms with Crippen molar-refractivity contribution >= 4 is 5.97 Å². The van der Waals surface area contributed by atoms with Crippen molar-refractivity contribution in [3.05, 3.63) is 0 Å². The molecule has 1 aliphatic heterocycles. The fourth-order valence-corrected chi connectivity index (χ4v) is 2.19. The summed E-state index contributed by atoms with van der Waals surface area (Å²) in [6.07, 6.45) is 1.73. The quantitative estimate of drug-likeness (QED) is 0.702. The lowest BCUT2D eigenvalue weighted by atomic mass is 10.2. The van der Waals surface area contributed by atoms with E-state index in [1.807, 2.05) is 20.8 Å². The largest absolute Gasteiger partial charge is 0.460 e. The molecule has 0 radical (unpaired) electrons. The molecule has 0 N–H and O–H groups in total. The fraction of sp³-hybridized carbons (Fsp3) is 0.929. The van der Waals surface area contributed by atoms with Gasteiger partial charge in [-0.25, -0.2) is 0 Å². The number of ether oxygens (including phenoxy) is 1. The molecule has 0 aromatic carbocycles. The number of hydrogen-bond donors (Lipinski definition) is 0. The highest BCUT2D eigenvalue weighted by Gasteiger charge is 2.19. The number of esters is 1. The van der Waals surface area contributed by atoms with Gasteiger partial charge in [0.2, 0.25) is 0 Å². The second-order valence-electron chi connectivity index (χ2n) is 6.02. The smallest absolute Gasteiger partial charge is 0.307 e. The van der Waals surface area contributed by atoms with E-state index in [-0.39, 0.29) is 11.6 Å². The van der Waals surface area contributed by atoms with Crippen LogP contribution in [-0.2, 0) is 9.53 Å². The van der Waals surface area contributed by atoms with Crippen LogP contribution in [0.25, 0.3) is 0 Å². The molecule has 18 heavy (non-hydrogen) atoms. The Morgan fingerprint density at radius 2 is 1.56 bits per heavy atom. The number of carbonyl (C=O) groups is 1. The molecule has 1 fully saturated rings. The van der Waals surface area contributed by atoms with Gasteiger partial charge in [-0.2, -0.15) is 0 Å². The van der Waals surface area contributed by atoms with E-state index in [0.29, 0.717) is 6.42 Å². The van der Waals surface area contributed by atoms with Gasteiger partial charge < -0.3 is 14.5 Å². The van der Waals surface area contributed by atoms with Crippen molar-refractivity contribution in [2.75, 3.05) is 39.3 Å². The monoisotopic (exact) mass is 256 g/mol. The van der Waals surface area contributed by atoms with Crippen molar-refractivity contribution in [1.82, 2.24) is 9.80 Å². The molecule has 0 unspecified atom stereocenters. The molecule has 0 bridgehead atoms. The summed E-state index contributed by atoms with van der Waals surface area (Å²) in [6.45, 7) is 14.4. The normalized spacial score (nSPS) is 18.9. The molecular formula is C14H28N2O2. The maximum Gasteiger partial charge on any atom is 0.307 e. The first kappa shape index (κ1) is 15.4. The SMILES string of the molecule is CCCN1CCN(CCC(=O)OC(C)(C)C)CC1. The molecule has 106 valence electrons. The minimum Gasteiger partial charge on any atom is -0.460 e. The predicted octanol–water partition coefficient (Wildman–Crippen LogP) is 1.75. The number of hydrogen-bond acceptors (Lipinski definition) is 4. The summed E-state index contributed by atoms with van der Waals surface area (Å²) in [7, 11) is 0. The number of nitrogens with zero attached hydrogens (tertiary/aromatic N) is 2. The Morgan fingerprint density at radius 1 is 1.06 bits per heavy atom.